The monoisotopic (exact) mass is 429 g/mol. The highest BCUT2D eigenvalue weighted by atomic mass is 16.6. The van der Waals surface area contributed by atoms with Crippen molar-refractivity contribution < 1.29 is 19.1 Å². The van der Waals surface area contributed by atoms with Crippen molar-refractivity contribution in [3.05, 3.63) is 29.8 Å². The number of nitriles is 1. The van der Waals surface area contributed by atoms with Crippen LogP contribution in [0.15, 0.2) is 24.3 Å². The molecule has 0 N–H and O–H groups in total. The van der Waals surface area contributed by atoms with Gasteiger partial charge >= 0.3 is 6.09 Å². The van der Waals surface area contributed by atoms with E-state index in [0.717, 1.165) is 12.8 Å². The average molecular weight is 430 g/mol. The number of nitrogens with zero attached hydrogens (tertiary/aromatic N) is 3. The molecular formula is C24H35N3O4. The summed E-state index contributed by atoms with van der Waals surface area (Å²) in [5.74, 6) is 0.682. The number of amides is 2. The summed E-state index contributed by atoms with van der Waals surface area (Å²) in [6, 6.07) is 8.81. The van der Waals surface area contributed by atoms with Crippen molar-refractivity contribution in [1.82, 2.24) is 9.80 Å². The molecule has 1 fully saturated rings. The van der Waals surface area contributed by atoms with E-state index in [0.29, 0.717) is 30.9 Å². The molecule has 1 aromatic carbocycles. The van der Waals surface area contributed by atoms with Gasteiger partial charge in [0, 0.05) is 25.7 Å². The third-order valence-electron chi connectivity index (χ3n) is 5.18. The lowest BCUT2D eigenvalue weighted by atomic mass is 9.96. The quantitative estimate of drug-likeness (QED) is 0.676. The number of rotatable bonds is 6. The Labute approximate surface area is 185 Å². The minimum Gasteiger partial charge on any atom is -0.481 e. The zero-order chi connectivity index (χ0) is 23.2. The lowest BCUT2D eigenvalue weighted by Crippen LogP contribution is -2.50. The highest BCUT2D eigenvalue weighted by Crippen LogP contribution is 2.22. The van der Waals surface area contributed by atoms with E-state index in [4.69, 9.17) is 14.7 Å². The van der Waals surface area contributed by atoms with E-state index >= 15 is 0 Å². The first kappa shape index (κ1) is 24.5. The maximum absolute atomic E-state index is 13.0. The molecule has 2 amide bonds. The molecule has 2 rings (SSSR count). The van der Waals surface area contributed by atoms with Crippen molar-refractivity contribution >= 4 is 12.0 Å². The molecule has 2 unspecified atom stereocenters. The van der Waals surface area contributed by atoms with E-state index in [1.165, 1.54) is 0 Å². The van der Waals surface area contributed by atoms with Gasteiger partial charge in [0.15, 0.2) is 6.10 Å². The van der Waals surface area contributed by atoms with Gasteiger partial charge in [0.05, 0.1) is 11.6 Å². The van der Waals surface area contributed by atoms with Crippen molar-refractivity contribution in [3.8, 4) is 11.8 Å². The molecular weight excluding hydrogens is 394 g/mol. The Morgan fingerprint density at radius 3 is 2.42 bits per heavy atom. The Hall–Kier alpha value is -2.75. The first-order chi connectivity index (χ1) is 14.5. The van der Waals surface area contributed by atoms with Gasteiger partial charge < -0.3 is 19.3 Å². The van der Waals surface area contributed by atoms with Gasteiger partial charge in [-0.3, -0.25) is 4.79 Å². The van der Waals surface area contributed by atoms with E-state index < -0.39 is 11.7 Å². The smallest absolute Gasteiger partial charge is 0.410 e. The van der Waals surface area contributed by atoms with Gasteiger partial charge in [0.25, 0.3) is 5.91 Å². The van der Waals surface area contributed by atoms with Gasteiger partial charge in [0.1, 0.15) is 11.4 Å². The Bertz CT molecular complexity index is 793. The van der Waals surface area contributed by atoms with Crippen molar-refractivity contribution in [2.45, 2.75) is 72.1 Å². The Kier molecular flexibility index (Phi) is 8.32. The second-order valence-corrected chi connectivity index (χ2v) is 9.42. The minimum absolute atomic E-state index is 0.0135. The minimum atomic E-state index is -0.626. The molecule has 0 bridgehead atoms. The van der Waals surface area contributed by atoms with Gasteiger partial charge in [-0.2, -0.15) is 5.26 Å². The van der Waals surface area contributed by atoms with Crippen molar-refractivity contribution in [3.63, 3.8) is 0 Å². The zero-order valence-corrected chi connectivity index (χ0v) is 19.6. The van der Waals surface area contributed by atoms with Gasteiger partial charge in [-0.05, 0) is 84.6 Å². The topological polar surface area (TPSA) is 82.9 Å². The summed E-state index contributed by atoms with van der Waals surface area (Å²) in [5, 5.41) is 8.90. The molecule has 1 saturated heterocycles. The van der Waals surface area contributed by atoms with Crippen molar-refractivity contribution in [1.29, 1.82) is 5.26 Å². The van der Waals surface area contributed by atoms with Crippen LogP contribution in [0.4, 0.5) is 4.79 Å². The third-order valence-corrected chi connectivity index (χ3v) is 5.18. The maximum Gasteiger partial charge on any atom is 0.410 e. The number of hydrogen-bond acceptors (Lipinski definition) is 5. The summed E-state index contributed by atoms with van der Waals surface area (Å²) in [5.41, 5.74) is 0.00156. The summed E-state index contributed by atoms with van der Waals surface area (Å²) in [4.78, 5) is 29.2. The van der Waals surface area contributed by atoms with Gasteiger partial charge in [0.2, 0.25) is 0 Å². The SMILES string of the molecule is CC(Oc1ccc(C#N)cc1)C(=O)N1CCCC(CN(C(=O)OC(C)(C)C)C(C)C)C1. The number of carbonyl (C=O) groups is 2. The third kappa shape index (κ3) is 7.46. The lowest BCUT2D eigenvalue weighted by molar-refractivity contribution is -0.139. The zero-order valence-electron chi connectivity index (χ0n) is 19.6. The molecule has 170 valence electrons. The second-order valence-electron chi connectivity index (χ2n) is 9.42. The van der Waals surface area contributed by atoms with E-state index in [1.807, 2.05) is 39.5 Å². The number of piperidine rings is 1. The Morgan fingerprint density at radius 1 is 1.23 bits per heavy atom. The molecule has 31 heavy (non-hydrogen) atoms. The molecule has 0 saturated carbocycles. The molecule has 0 aliphatic carbocycles. The number of benzene rings is 1. The van der Waals surface area contributed by atoms with Crippen LogP contribution >= 0.6 is 0 Å². The fourth-order valence-electron chi connectivity index (χ4n) is 3.63. The van der Waals surface area contributed by atoms with E-state index in [2.05, 4.69) is 6.07 Å². The molecule has 0 spiro atoms. The molecule has 0 aromatic heterocycles. The fourth-order valence-corrected chi connectivity index (χ4v) is 3.63. The normalized spacial score (nSPS) is 17.6. The lowest BCUT2D eigenvalue weighted by Gasteiger charge is -2.38. The summed E-state index contributed by atoms with van der Waals surface area (Å²) >= 11 is 0. The summed E-state index contributed by atoms with van der Waals surface area (Å²) in [6.45, 7) is 13.1. The van der Waals surface area contributed by atoms with E-state index in [1.54, 1.807) is 36.1 Å². The number of ether oxygens (including phenoxy) is 2. The number of carbonyl (C=O) groups excluding carboxylic acids is 2. The molecule has 1 aliphatic heterocycles. The second kappa shape index (κ2) is 10.5. The molecule has 1 heterocycles. The van der Waals surface area contributed by atoms with Crippen LogP contribution in [0, 0.1) is 17.2 Å². The van der Waals surface area contributed by atoms with Crippen LogP contribution in [0.25, 0.3) is 0 Å². The van der Waals surface area contributed by atoms with Crippen LogP contribution in [-0.4, -0.2) is 59.2 Å². The largest absolute Gasteiger partial charge is 0.481 e. The van der Waals surface area contributed by atoms with Crippen molar-refractivity contribution in [2.75, 3.05) is 19.6 Å². The van der Waals surface area contributed by atoms with Gasteiger partial charge in [-0.1, -0.05) is 0 Å². The standard InChI is InChI=1S/C24H35N3O4/c1-17(2)27(23(29)31-24(4,5)6)16-20-8-7-13-26(15-20)22(28)18(3)30-21-11-9-19(14-25)10-12-21/h9-12,17-18,20H,7-8,13,15-16H2,1-6H3. The average Bonchev–Trinajstić information content (AvgIpc) is 2.70. The summed E-state index contributed by atoms with van der Waals surface area (Å²) in [7, 11) is 0. The highest BCUT2D eigenvalue weighted by molar-refractivity contribution is 5.81. The highest BCUT2D eigenvalue weighted by Gasteiger charge is 2.31. The maximum atomic E-state index is 13.0. The predicted octanol–water partition coefficient (Wildman–Crippen LogP) is 4.21. The molecule has 1 aromatic rings. The van der Waals surface area contributed by atoms with Crippen LogP contribution < -0.4 is 4.74 Å². The van der Waals surface area contributed by atoms with Crippen LogP contribution in [0.5, 0.6) is 5.75 Å². The Balaban J connectivity index is 1.97. The number of likely N-dealkylation sites (tertiary alicyclic amines) is 1. The summed E-state index contributed by atoms with van der Waals surface area (Å²) in [6.07, 6.45) is 0.906. The molecule has 7 heteroatoms. The van der Waals surface area contributed by atoms with Crippen LogP contribution in [0.2, 0.25) is 0 Å². The van der Waals surface area contributed by atoms with Gasteiger partial charge in [-0.15, -0.1) is 0 Å². The van der Waals surface area contributed by atoms with Crippen LogP contribution in [-0.2, 0) is 9.53 Å². The van der Waals surface area contributed by atoms with Crippen LogP contribution in [0.1, 0.15) is 59.9 Å². The first-order valence-electron chi connectivity index (χ1n) is 11.0. The first-order valence-corrected chi connectivity index (χ1v) is 11.0. The molecule has 0 radical (unpaired) electrons. The van der Waals surface area contributed by atoms with Crippen LogP contribution in [0.3, 0.4) is 0 Å². The fraction of sp³-hybridized carbons (Fsp3) is 0.625. The predicted molar refractivity (Wildman–Crippen MR) is 119 cm³/mol. The summed E-state index contributed by atoms with van der Waals surface area (Å²) < 4.78 is 11.4. The molecule has 2 atom stereocenters. The molecule has 1 aliphatic rings. The van der Waals surface area contributed by atoms with E-state index in [-0.39, 0.29) is 24.0 Å². The van der Waals surface area contributed by atoms with E-state index in [9.17, 15) is 9.59 Å². The Morgan fingerprint density at radius 2 is 1.87 bits per heavy atom. The molecule has 7 nitrogen and oxygen atoms in total. The number of hydrogen-bond donors (Lipinski definition) is 0. The van der Waals surface area contributed by atoms with Gasteiger partial charge in [-0.25, -0.2) is 4.79 Å². The van der Waals surface area contributed by atoms with Crippen molar-refractivity contribution in [2.24, 2.45) is 5.92 Å².